The minimum absolute atomic E-state index is 0.0993. The van der Waals surface area contributed by atoms with E-state index in [0.717, 1.165) is 5.69 Å². The van der Waals surface area contributed by atoms with Crippen LogP contribution in [0, 0.1) is 13.8 Å². The molecule has 0 radical (unpaired) electrons. The maximum Gasteiger partial charge on any atom is 0.338 e. The number of nitrogens with zero attached hydrogens (tertiary/aromatic N) is 2. The van der Waals surface area contributed by atoms with Crippen molar-refractivity contribution in [1.82, 2.24) is 9.78 Å². The van der Waals surface area contributed by atoms with E-state index in [0.29, 0.717) is 22.5 Å². The van der Waals surface area contributed by atoms with Gasteiger partial charge in [-0.2, -0.15) is 5.10 Å². The maximum atomic E-state index is 12.2. The number of aromatic nitrogens is 2. The quantitative estimate of drug-likeness (QED) is 0.814. The predicted octanol–water partition coefficient (Wildman–Crippen LogP) is 1.71. The monoisotopic (exact) mass is 331 g/mol. The van der Waals surface area contributed by atoms with Crippen LogP contribution in [0.15, 0.2) is 24.3 Å². The van der Waals surface area contributed by atoms with Gasteiger partial charge in [-0.05, 0) is 38.5 Å². The number of rotatable bonds is 5. The molecule has 2 N–H and O–H groups in total. The highest BCUT2D eigenvalue weighted by Crippen LogP contribution is 2.19. The van der Waals surface area contributed by atoms with Crippen molar-refractivity contribution >= 4 is 17.6 Å². The minimum Gasteiger partial charge on any atom is -0.449 e. The molecule has 0 unspecified atom stereocenters. The van der Waals surface area contributed by atoms with Crippen molar-refractivity contribution in [2.75, 3.05) is 5.32 Å². The second-order valence-electron chi connectivity index (χ2n) is 5.56. The molecule has 0 spiro atoms. The van der Waals surface area contributed by atoms with Crippen LogP contribution < -0.4 is 5.32 Å². The van der Waals surface area contributed by atoms with Gasteiger partial charge < -0.3 is 15.2 Å². The third kappa shape index (κ3) is 3.80. The molecule has 1 heterocycles. The van der Waals surface area contributed by atoms with Crippen LogP contribution in [0.25, 0.3) is 0 Å². The second-order valence-corrected chi connectivity index (χ2v) is 5.56. The summed E-state index contributed by atoms with van der Waals surface area (Å²) in [5.74, 6) is -1.02. The molecule has 1 atom stereocenters. The predicted molar refractivity (Wildman–Crippen MR) is 88.6 cm³/mol. The lowest BCUT2D eigenvalue weighted by molar-refractivity contribution is -0.123. The molecule has 0 saturated heterocycles. The van der Waals surface area contributed by atoms with Crippen LogP contribution in [0.1, 0.15) is 34.2 Å². The number of ether oxygens (including phenoxy) is 1. The SMILES string of the molecule is Cc1nn(C)c(C)c1NC(=O)[C@@H](C)OC(=O)c1ccc(CO)cc1. The van der Waals surface area contributed by atoms with E-state index in [2.05, 4.69) is 10.4 Å². The molecule has 2 aromatic rings. The molecule has 24 heavy (non-hydrogen) atoms. The molecule has 1 amide bonds. The van der Waals surface area contributed by atoms with Gasteiger partial charge in [0.2, 0.25) is 0 Å². The molecule has 0 saturated carbocycles. The third-order valence-electron chi connectivity index (χ3n) is 3.78. The highest BCUT2D eigenvalue weighted by molar-refractivity contribution is 5.98. The summed E-state index contributed by atoms with van der Waals surface area (Å²) in [5.41, 5.74) is 3.15. The Morgan fingerprint density at radius 3 is 2.42 bits per heavy atom. The zero-order chi connectivity index (χ0) is 17.9. The zero-order valence-electron chi connectivity index (χ0n) is 14.2. The number of hydrogen-bond acceptors (Lipinski definition) is 5. The molecule has 0 fully saturated rings. The van der Waals surface area contributed by atoms with E-state index in [-0.39, 0.29) is 6.61 Å². The fourth-order valence-electron chi connectivity index (χ4n) is 2.21. The fraction of sp³-hybridized carbons (Fsp3) is 0.353. The Labute approximate surface area is 140 Å². The largest absolute Gasteiger partial charge is 0.449 e. The first-order valence-electron chi connectivity index (χ1n) is 7.55. The number of nitrogens with one attached hydrogen (secondary N) is 1. The van der Waals surface area contributed by atoms with E-state index in [1.807, 2.05) is 6.92 Å². The Bertz CT molecular complexity index is 750. The van der Waals surface area contributed by atoms with Crippen molar-refractivity contribution in [3.8, 4) is 0 Å². The van der Waals surface area contributed by atoms with Gasteiger partial charge in [-0.25, -0.2) is 4.79 Å². The second kappa shape index (κ2) is 7.27. The molecular formula is C17H21N3O4. The number of carbonyl (C=O) groups excluding carboxylic acids is 2. The first-order valence-corrected chi connectivity index (χ1v) is 7.55. The Morgan fingerprint density at radius 1 is 1.29 bits per heavy atom. The van der Waals surface area contributed by atoms with Crippen LogP contribution in [0.2, 0.25) is 0 Å². The van der Waals surface area contributed by atoms with Gasteiger partial charge in [0, 0.05) is 7.05 Å². The van der Waals surface area contributed by atoms with Crippen LogP contribution >= 0.6 is 0 Å². The molecule has 128 valence electrons. The van der Waals surface area contributed by atoms with Gasteiger partial charge in [-0.3, -0.25) is 9.48 Å². The number of carbonyl (C=O) groups is 2. The molecule has 7 heteroatoms. The normalized spacial score (nSPS) is 11.9. The van der Waals surface area contributed by atoms with Crippen LogP contribution in [0.4, 0.5) is 5.69 Å². The van der Waals surface area contributed by atoms with Crippen LogP contribution in [-0.2, 0) is 23.2 Å². The molecule has 0 bridgehead atoms. The molecule has 7 nitrogen and oxygen atoms in total. The molecule has 0 aliphatic rings. The van der Waals surface area contributed by atoms with Crippen molar-refractivity contribution in [3.63, 3.8) is 0 Å². The van der Waals surface area contributed by atoms with Gasteiger partial charge in [0.25, 0.3) is 5.91 Å². The number of aryl methyl sites for hydroxylation is 2. The Kier molecular flexibility index (Phi) is 5.35. The average molecular weight is 331 g/mol. The lowest BCUT2D eigenvalue weighted by atomic mass is 10.1. The highest BCUT2D eigenvalue weighted by Gasteiger charge is 2.21. The van der Waals surface area contributed by atoms with Crippen LogP contribution in [0.3, 0.4) is 0 Å². The summed E-state index contributed by atoms with van der Waals surface area (Å²) in [7, 11) is 1.79. The smallest absolute Gasteiger partial charge is 0.338 e. The molecule has 1 aromatic carbocycles. The number of benzene rings is 1. The fourth-order valence-corrected chi connectivity index (χ4v) is 2.21. The van der Waals surface area contributed by atoms with Gasteiger partial charge in [0.1, 0.15) is 0 Å². The van der Waals surface area contributed by atoms with Crippen molar-refractivity contribution in [2.24, 2.45) is 7.05 Å². The lowest BCUT2D eigenvalue weighted by Crippen LogP contribution is -2.30. The summed E-state index contributed by atoms with van der Waals surface area (Å²) in [6, 6.07) is 6.36. The standard InChI is InChI=1S/C17H21N3O4/c1-10-15(11(2)20(4)19-10)18-16(22)12(3)24-17(23)14-7-5-13(9-21)6-8-14/h5-8,12,21H,9H2,1-4H3,(H,18,22)/t12-/m1/s1. The molecule has 1 aromatic heterocycles. The van der Waals surface area contributed by atoms with Gasteiger partial charge >= 0.3 is 5.97 Å². The number of esters is 1. The van der Waals surface area contributed by atoms with Crippen molar-refractivity contribution in [2.45, 2.75) is 33.5 Å². The number of amides is 1. The summed E-state index contributed by atoms with van der Waals surface area (Å²) >= 11 is 0. The zero-order valence-corrected chi connectivity index (χ0v) is 14.2. The number of anilines is 1. The van der Waals surface area contributed by atoms with Gasteiger partial charge in [0.15, 0.2) is 6.10 Å². The summed E-state index contributed by atoms with van der Waals surface area (Å²) < 4.78 is 6.86. The van der Waals surface area contributed by atoms with Gasteiger partial charge in [-0.1, -0.05) is 12.1 Å². The van der Waals surface area contributed by atoms with Gasteiger partial charge in [0.05, 0.1) is 29.2 Å². The first-order chi connectivity index (χ1) is 11.3. The van der Waals surface area contributed by atoms with Gasteiger partial charge in [-0.15, -0.1) is 0 Å². The van der Waals surface area contributed by atoms with Crippen molar-refractivity contribution in [3.05, 3.63) is 46.8 Å². The highest BCUT2D eigenvalue weighted by atomic mass is 16.5. The Hall–Kier alpha value is -2.67. The average Bonchev–Trinajstić information content (AvgIpc) is 2.81. The maximum absolute atomic E-state index is 12.2. The third-order valence-corrected chi connectivity index (χ3v) is 3.78. The Balaban J connectivity index is 2.01. The molecule has 0 aliphatic heterocycles. The van der Waals surface area contributed by atoms with E-state index < -0.39 is 18.0 Å². The lowest BCUT2D eigenvalue weighted by Gasteiger charge is -2.14. The topological polar surface area (TPSA) is 93.5 Å². The molecular weight excluding hydrogens is 310 g/mol. The Morgan fingerprint density at radius 2 is 1.92 bits per heavy atom. The number of aliphatic hydroxyl groups is 1. The van der Waals surface area contributed by atoms with Crippen molar-refractivity contribution in [1.29, 1.82) is 0 Å². The van der Waals surface area contributed by atoms with Crippen LogP contribution in [-0.4, -0.2) is 32.9 Å². The number of hydrogen-bond donors (Lipinski definition) is 2. The minimum atomic E-state index is -0.950. The van der Waals surface area contributed by atoms with E-state index in [1.54, 1.807) is 42.9 Å². The molecule has 0 aliphatic carbocycles. The van der Waals surface area contributed by atoms with E-state index in [1.165, 1.54) is 6.92 Å². The molecule has 2 rings (SSSR count). The summed E-state index contributed by atoms with van der Waals surface area (Å²) in [5, 5.41) is 16.0. The van der Waals surface area contributed by atoms with E-state index in [4.69, 9.17) is 9.84 Å². The summed E-state index contributed by atoms with van der Waals surface area (Å²) in [4.78, 5) is 24.3. The summed E-state index contributed by atoms with van der Waals surface area (Å²) in [6.45, 7) is 5.05. The van der Waals surface area contributed by atoms with E-state index >= 15 is 0 Å². The van der Waals surface area contributed by atoms with E-state index in [9.17, 15) is 9.59 Å². The summed E-state index contributed by atoms with van der Waals surface area (Å²) in [6.07, 6.45) is -0.950. The van der Waals surface area contributed by atoms with Crippen molar-refractivity contribution < 1.29 is 19.4 Å². The number of aliphatic hydroxyl groups excluding tert-OH is 1. The van der Waals surface area contributed by atoms with Crippen LogP contribution in [0.5, 0.6) is 0 Å². The first kappa shape index (κ1) is 17.7.